The van der Waals surface area contributed by atoms with Gasteiger partial charge in [-0.05, 0) is 37.3 Å². The van der Waals surface area contributed by atoms with Gasteiger partial charge in [0, 0.05) is 17.8 Å². The predicted octanol–water partition coefficient (Wildman–Crippen LogP) is 4.22. The maximum Gasteiger partial charge on any atom is 0.167 e. The van der Waals surface area contributed by atoms with E-state index in [1.165, 1.54) is 18.9 Å². The van der Waals surface area contributed by atoms with Crippen molar-refractivity contribution in [3.05, 3.63) is 24.0 Å². The largest absolute Gasteiger partial charge is 0.491 e. The Balaban J connectivity index is 2.08. The van der Waals surface area contributed by atoms with Crippen LogP contribution in [0.15, 0.2) is 18.2 Å². The summed E-state index contributed by atoms with van der Waals surface area (Å²) in [6.07, 6.45) is 3.62. The first-order chi connectivity index (χ1) is 8.53. The molecule has 0 spiro atoms. The Hall–Kier alpha value is -1.25. The van der Waals surface area contributed by atoms with Gasteiger partial charge in [0.2, 0.25) is 0 Å². The van der Waals surface area contributed by atoms with Crippen molar-refractivity contribution in [2.24, 2.45) is 5.41 Å². The number of rotatable bonds is 4. The molecular formula is C15H22FNO. The highest BCUT2D eigenvalue weighted by Crippen LogP contribution is 2.39. The van der Waals surface area contributed by atoms with Gasteiger partial charge >= 0.3 is 0 Å². The molecule has 1 unspecified atom stereocenters. The third kappa shape index (κ3) is 2.77. The van der Waals surface area contributed by atoms with E-state index in [-0.39, 0.29) is 11.2 Å². The number of anilines is 1. The number of hydrogen-bond donors (Lipinski definition) is 1. The molecule has 2 nitrogen and oxygen atoms in total. The second-order valence-corrected chi connectivity index (χ2v) is 5.66. The van der Waals surface area contributed by atoms with E-state index in [9.17, 15) is 4.39 Å². The third-order valence-corrected chi connectivity index (χ3v) is 3.83. The molecule has 18 heavy (non-hydrogen) atoms. The predicted molar refractivity (Wildman–Crippen MR) is 72.6 cm³/mol. The van der Waals surface area contributed by atoms with Crippen molar-refractivity contribution in [3.8, 4) is 5.75 Å². The van der Waals surface area contributed by atoms with Crippen LogP contribution in [0.3, 0.4) is 0 Å². The van der Waals surface area contributed by atoms with Crippen molar-refractivity contribution >= 4 is 5.69 Å². The van der Waals surface area contributed by atoms with Gasteiger partial charge in [-0.3, -0.25) is 0 Å². The average molecular weight is 251 g/mol. The molecule has 1 aliphatic rings. The molecule has 1 saturated carbocycles. The zero-order valence-electron chi connectivity index (χ0n) is 11.4. The lowest BCUT2D eigenvalue weighted by Gasteiger charge is -2.28. The van der Waals surface area contributed by atoms with Gasteiger partial charge in [0.1, 0.15) is 0 Å². The molecule has 0 saturated heterocycles. The molecule has 0 aliphatic heterocycles. The first-order valence-corrected chi connectivity index (χ1v) is 6.72. The lowest BCUT2D eigenvalue weighted by Crippen LogP contribution is -2.30. The van der Waals surface area contributed by atoms with Crippen LogP contribution in [0, 0.1) is 11.2 Å². The normalized spacial score (nSPS) is 21.9. The van der Waals surface area contributed by atoms with Crippen molar-refractivity contribution in [1.82, 2.24) is 0 Å². The van der Waals surface area contributed by atoms with Gasteiger partial charge in [-0.2, -0.15) is 0 Å². The molecule has 100 valence electrons. The monoisotopic (exact) mass is 251 g/mol. The third-order valence-electron chi connectivity index (χ3n) is 3.83. The summed E-state index contributed by atoms with van der Waals surface area (Å²) in [5, 5.41) is 3.45. The molecule has 1 fully saturated rings. The van der Waals surface area contributed by atoms with Crippen LogP contribution in [-0.2, 0) is 0 Å². The number of nitrogens with one attached hydrogen (secondary N) is 1. The Labute approximate surface area is 109 Å². The molecule has 0 radical (unpaired) electrons. The van der Waals surface area contributed by atoms with Crippen molar-refractivity contribution in [3.63, 3.8) is 0 Å². The molecule has 0 bridgehead atoms. The molecule has 0 aromatic heterocycles. The van der Waals surface area contributed by atoms with E-state index in [0.717, 1.165) is 12.1 Å². The van der Waals surface area contributed by atoms with Crippen LogP contribution in [0.25, 0.3) is 0 Å². The Morgan fingerprint density at radius 1 is 1.44 bits per heavy atom. The van der Waals surface area contributed by atoms with E-state index in [0.29, 0.717) is 18.4 Å². The fourth-order valence-electron chi connectivity index (χ4n) is 2.66. The number of ether oxygens (including phenoxy) is 1. The van der Waals surface area contributed by atoms with Gasteiger partial charge in [-0.15, -0.1) is 0 Å². The van der Waals surface area contributed by atoms with Crippen LogP contribution in [0.1, 0.15) is 40.0 Å². The Kier molecular flexibility index (Phi) is 3.79. The molecule has 0 amide bonds. The minimum atomic E-state index is -0.294. The van der Waals surface area contributed by atoms with E-state index >= 15 is 0 Å². The van der Waals surface area contributed by atoms with E-state index < -0.39 is 0 Å². The van der Waals surface area contributed by atoms with Gasteiger partial charge in [-0.1, -0.05) is 20.3 Å². The highest BCUT2D eigenvalue weighted by molar-refractivity contribution is 5.48. The summed E-state index contributed by atoms with van der Waals surface area (Å²) in [5.41, 5.74) is 1.13. The smallest absolute Gasteiger partial charge is 0.167 e. The zero-order chi connectivity index (χ0) is 13.2. The van der Waals surface area contributed by atoms with Gasteiger partial charge in [0.05, 0.1) is 6.61 Å². The lowest BCUT2D eigenvalue weighted by atomic mass is 9.87. The number of benzene rings is 1. The Morgan fingerprint density at radius 3 is 2.78 bits per heavy atom. The standard InChI is InChI=1S/C15H22FNO/c1-4-18-13-8-7-11(10-12(13)16)17-14-6-5-9-15(14,2)3/h7-8,10,14,17H,4-6,9H2,1-3H3. The summed E-state index contributed by atoms with van der Waals surface area (Å²) in [6.45, 7) is 6.87. The first-order valence-electron chi connectivity index (χ1n) is 6.72. The van der Waals surface area contributed by atoms with Crippen LogP contribution in [-0.4, -0.2) is 12.6 Å². The van der Waals surface area contributed by atoms with Crippen molar-refractivity contribution in [2.45, 2.75) is 46.1 Å². The van der Waals surface area contributed by atoms with Gasteiger partial charge < -0.3 is 10.1 Å². The summed E-state index contributed by atoms with van der Waals surface area (Å²) in [4.78, 5) is 0. The number of hydrogen-bond acceptors (Lipinski definition) is 2. The highest BCUT2D eigenvalue weighted by Gasteiger charge is 2.34. The fraction of sp³-hybridized carbons (Fsp3) is 0.600. The summed E-state index contributed by atoms with van der Waals surface area (Å²) >= 11 is 0. The molecular weight excluding hydrogens is 229 g/mol. The van der Waals surface area contributed by atoms with Crippen LogP contribution < -0.4 is 10.1 Å². The van der Waals surface area contributed by atoms with Crippen molar-refractivity contribution in [2.75, 3.05) is 11.9 Å². The topological polar surface area (TPSA) is 21.3 Å². The van der Waals surface area contributed by atoms with Gasteiger partial charge in [0.15, 0.2) is 11.6 Å². The Morgan fingerprint density at radius 2 is 2.22 bits per heavy atom. The quantitative estimate of drug-likeness (QED) is 0.865. The van der Waals surface area contributed by atoms with Crippen LogP contribution in [0.5, 0.6) is 5.75 Å². The lowest BCUT2D eigenvalue weighted by molar-refractivity contribution is 0.321. The van der Waals surface area contributed by atoms with Crippen molar-refractivity contribution < 1.29 is 9.13 Å². The zero-order valence-corrected chi connectivity index (χ0v) is 11.4. The van der Waals surface area contributed by atoms with Crippen LogP contribution in [0.4, 0.5) is 10.1 Å². The summed E-state index contributed by atoms with van der Waals surface area (Å²) in [6, 6.07) is 5.54. The van der Waals surface area contributed by atoms with Gasteiger partial charge in [0.25, 0.3) is 0 Å². The summed E-state index contributed by atoms with van der Waals surface area (Å²) in [7, 11) is 0. The molecule has 1 aromatic rings. The molecule has 1 aliphatic carbocycles. The van der Waals surface area contributed by atoms with E-state index in [2.05, 4.69) is 19.2 Å². The van der Waals surface area contributed by atoms with E-state index in [1.807, 2.05) is 13.0 Å². The maximum atomic E-state index is 13.7. The molecule has 0 heterocycles. The average Bonchev–Trinajstić information content (AvgIpc) is 2.62. The molecule has 3 heteroatoms. The molecule has 1 aromatic carbocycles. The fourth-order valence-corrected chi connectivity index (χ4v) is 2.66. The van der Waals surface area contributed by atoms with E-state index in [4.69, 9.17) is 4.74 Å². The van der Waals surface area contributed by atoms with Gasteiger partial charge in [-0.25, -0.2) is 4.39 Å². The summed E-state index contributed by atoms with van der Waals surface area (Å²) < 4.78 is 18.9. The summed E-state index contributed by atoms with van der Waals surface area (Å²) in [5.74, 6) is 0.0337. The minimum Gasteiger partial charge on any atom is -0.491 e. The Bertz CT molecular complexity index is 417. The second-order valence-electron chi connectivity index (χ2n) is 5.66. The molecule has 1 N–H and O–H groups in total. The van der Waals surface area contributed by atoms with Crippen LogP contribution in [0.2, 0.25) is 0 Å². The minimum absolute atomic E-state index is 0.287. The first kappa shape index (κ1) is 13.2. The van der Waals surface area contributed by atoms with Crippen LogP contribution >= 0.6 is 0 Å². The number of halogens is 1. The SMILES string of the molecule is CCOc1ccc(NC2CCCC2(C)C)cc1F. The highest BCUT2D eigenvalue weighted by atomic mass is 19.1. The van der Waals surface area contributed by atoms with Crippen molar-refractivity contribution in [1.29, 1.82) is 0 Å². The van der Waals surface area contributed by atoms with E-state index in [1.54, 1.807) is 6.07 Å². The molecule has 2 rings (SSSR count). The molecule has 1 atom stereocenters. The second kappa shape index (κ2) is 5.17. The maximum absolute atomic E-state index is 13.7.